The van der Waals surface area contributed by atoms with E-state index in [1.807, 2.05) is 12.1 Å². The van der Waals surface area contributed by atoms with Crippen LogP contribution in [0.3, 0.4) is 0 Å². The van der Waals surface area contributed by atoms with Crippen LogP contribution in [0.25, 0.3) is 0 Å². The first-order valence-corrected chi connectivity index (χ1v) is 8.48. The van der Waals surface area contributed by atoms with Crippen LogP contribution in [0, 0.1) is 0 Å². The van der Waals surface area contributed by atoms with Gasteiger partial charge in [0.2, 0.25) is 0 Å². The van der Waals surface area contributed by atoms with Crippen molar-refractivity contribution in [2.45, 2.75) is 19.8 Å². The molecule has 6 heteroatoms. The molecule has 2 aromatic carbocycles. The molecule has 0 fully saturated rings. The van der Waals surface area contributed by atoms with Crippen molar-refractivity contribution in [3.8, 4) is 0 Å². The summed E-state index contributed by atoms with van der Waals surface area (Å²) in [5.74, 6) is -0.308. The van der Waals surface area contributed by atoms with Crippen molar-refractivity contribution in [2.75, 3.05) is 17.2 Å². The molecular formula is C18H19ClN2O2S. The van der Waals surface area contributed by atoms with Crippen LogP contribution in [0.2, 0.25) is 5.02 Å². The number of esters is 1. The summed E-state index contributed by atoms with van der Waals surface area (Å²) >= 11 is 11.1. The first-order valence-electron chi connectivity index (χ1n) is 7.69. The van der Waals surface area contributed by atoms with Crippen LogP contribution in [0.1, 0.15) is 30.1 Å². The Bertz CT molecular complexity index is 687. The van der Waals surface area contributed by atoms with E-state index in [2.05, 4.69) is 17.6 Å². The van der Waals surface area contributed by atoms with Crippen molar-refractivity contribution in [3.63, 3.8) is 0 Å². The highest BCUT2D eigenvalue weighted by atomic mass is 35.5. The number of nitrogens with one attached hydrogen (secondary N) is 2. The van der Waals surface area contributed by atoms with Crippen molar-refractivity contribution in [1.82, 2.24) is 0 Å². The number of hydrogen-bond donors (Lipinski definition) is 2. The fourth-order valence-corrected chi connectivity index (χ4v) is 2.27. The molecule has 2 aromatic rings. The molecule has 0 aromatic heterocycles. The highest BCUT2D eigenvalue weighted by Gasteiger charge is 2.07. The van der Waals surface area contributed by atoms with Crippen molar-refractivity contribution in [3.05, 3.63) is 59.1 Å². The van der Waals surface area contributed by atoms with E-state index in [-0.39, 0.29) is 5.97 Å². The zero-order valence-electron chi connectivity index (χ0n) is 13.3. The van der Waals surface area contributed by atoms with Gasteiger partial charge in [0, 0.05) is 16.4 Å². The predicted molar refractivity (Wildman–Crippen MR) is 103 cm³/mol. The molecule has 0 bridgehead atoms. The lowest BCUT2D eigenvalue weighted by Gasteiger charge is -2.11. The maximum absolute atomic E-state index is 11.8. The zero-order chi connectivity index (χ0) is 17.4. The molecule has 126 valence electrons. The summed E-state index contributed by atoms with van der Waals surface area (Å²) in [6.45, 7) is 2.50. The molecule has 4 nitrogen and oxygen atoms in total. The van der Waals surface area contributed by atoms with Crippen molar-refractivity contribution in [1.29, 1.82) is 0 Å². The predicted octanol–water partition coefficient (Wildman–Crippen LogP) is 5.11. The summed E-state index contributed by atoms with van der Waals surface area (Å²) in [5, 5.41) is 7.24. The minimum atomic E-state index is -0.308. The van der Waals surface area contributed by atoms with Crippen molar-refractivity contribution in [2.24, 2.45) is 0 Å². The van der Waals surface area contributed by atoms with Crippen molar-refractivity contribution < 1.29 is 9.53 Å². The van der Waals surface area contributed by atoms with Gasteiger partial charge in [0.25, 0.3) is 0 Å². The second-order valence-corrected chi connectivity index (χ2v) is 6.00. The minimum Gasteiger partial charge on any atom is -0.462 e. The number of carbonyl (C=O) groups excluding carboxylic acids is 1. The quantitative estimate of drug-likeness (QED) is 0.425. The highest BCUT2D eigenvalue weighted by Crippen LogP contribution is 2.15. The second-order valence-electron chi connectivity index (χ2n) is 5.15. The second kappa shape index (κ2) is 9.25. The maximum atomic E-state index is 11.8. The average molecular weight is 363 g/mol. The summed E-state index contributed by atoms with van der Waals surface area (Å²) in [5.41, 5.74) is 2.15. The van der Waals surface area contributed by atoms with E-state index in [1.165, 1.54) is 0 Å². The Kier molecular flexibility index (Phi) is 7.03. The molecule has 24 heavy (non-hydrogen) atoms. The molecule has 0 aliphatic heterocycles. The SMILES string of the molecule is CCCCOC(=O)c1ccc(NC(=S)Nc2ccc(Cl)cc2)cc1. The van der Waals surface area contributed by atoms with Crippen LogP contribution in [0.4, 0.5) is 11.4 Å². The Morgan fingerprint density at radius 1 is 1.04 bits per heavy atom. The number of unbranched alkanes of at least 4 members (excludes halogenated alkanes) is 1. The van der Waals surface area contributed by atoms with Gasteiger partial charge in [0.1, 0.15) is 0 Å². The van der Waals surface area contributed by atoms with E-state index < -0.39 is 0 Å². The van der Waals surface area contributed by atoms with Gasteiger partial charge in [-0.05, 0) is 67.2 Å². The molecule has 0 amide bonds. The molecule has 2 N–H and O–H groups in total. The number of halogens is 1. The molecule has 0 aliphatic carbocycles. The van der Waals surface area contributed by atoms with E-state index in [4.69, 9.17) is 28.6 Å². The van der Waals surface area contributed by atoms with E-state index >= 15 is 0 Å². The lowest BCUT2D eigenvalue weighted by molar-refractivity contribution is 0.0500. The number of anilines is 2. The van der Waals surface area contributed by atoms with Crippen LogP contribution in [0.5, 0.6) is 0 Å². The fourth-order valence-electron chi connectivity index (χ4n) is 1.91. The third-order valence-electron chi connectivity index (χ3n) is 3.21. The smallest absolute Gasteiger partial charge is 0.338 e. The van der Waals surface area contributed by atoms with Gasteiger partial charge in [-0.25, -0.2) is 4.79 Å². The minimum absolute atomic E-state index is 0.308. The molecule has 0 atom stereocenters. The molecule has 0 aliphatic rings. The van der Waals surface area contributed by atoms with E-state index in [0.717, 1.165) is 24.2 Å². The summed E-state index contributed by atoms with van der Waals surface area (Å²) in [6.07, 6.45) is 1.87. The van der Waals surface area contributed by atoms with Gasteiger partial charge in [0.15, 0.2) is 5.11 Å². The normalized spacial score (nSPS) is 10.1. The van der Waals surface area contributed by atoms with Crippen LogP contribution in [0.15, 0.2) is 48.5 Å². The standard InChI is InChI=1S/C18H19ClN2O2S/c1-2-3-12-23-17(22)13-4-8-15(9-5-13)20-18(24)21-16-10-6-14(19)7-11-16/h4-11H,2-3,12H2,1H3,(H2,20,21,24). The van der Waals surface area contributed by atoms with Crippen LogP contribution >= 0.6 is 23.8 Å². The molecule has 0 saturated carbocycles. The number of benzene rings is 2. The maximum Gasteiger partial charge on any atom is 0.338 e. The van der Waals surface area contributed by atoms with Gasteiger partial charge in [-0.2, -0.15) is 0 Å². The molecule has 0 radical (unpaired) electrons. The molecule has 0 unspecified atom stereocenters. The summed E-state index contributed by atoms with van der Waals surface area (Å²) in [4.78, 5) is 11.8. The Balaban J connectivity index is 1.87. The molecule has 0 saturated heterocycles. The molecule has 2 rings (SSSR count). The molecular weight excluding hydrogens is 344 g/mol. The van der Waals surface area contributed by atoms with Gasteiger partial charge >= 0.3 is 5.97 Å². The number of hydrogen-bond acceptors (Lipinski definition) is 3. The van der Waals surface area contributed by atoms with Crippen LogP contribution < -0.4 is 10.6 Å². The third kappa shape index (κ3) is 5.83. The first kappa shape index (κ1) is 18.2. The summed E-state index contributed by atoms with van der Waals surface area (Å²) in [6, 6.07) is 14.2. The summed E-state index contributed by atoms with van der Waals surface area (Å²) in [7, 11) is 0. The highest BCUT2D eigenvalue weighted by molar-refractivity contribution is 7.80. The van der Waals surface area contributed by atoms with Gasteiger partial charge in [-0.1, -0.05) is 24.9 Å². The van der Waals surface area contributed by atoms with E-state index in [9.17, 15) is 4.79 Å². The third-order valence-corrected chi connectivity index (χ3v) is 3.67. The first-order chi connectivity index (χ1) is 11.6. The Morgan fingerprint density at radius 2 is 1.58 bits per heavy atom. The molecule has 0 heterocycles. The Hall–Kier alpha value is -2.11. The topological polar surface area (TPSA) is 50.4 Å². The van der Waals surface area contributed by atoms with Crippen LogP contribution in [-0.2, 0) is 4.74 Å². The average Bonchev–Trinajstić information content (AvgIpc) is 2.58. The fraction of sp³-hybridized carbons (Fsp3) is 0.222. The lowest BCUT2D eigenvalue weighted by Crippen LogP contribution is -2.19. The Morgan fingerprint density at radius 3 is 2.12 bits per heavy atom. The van der Waals surface area contributed by atoms with Gasteiger partial charge in [-0.15, -0.1) is 0 Å². The van der Waals surface area contributed by atoms with Gasteiger partial charge < -0.3 is 15.4 Å². The number of rotatable bonds is 6. The molecule has 0 spiro atoms. The number of carbonyl (C=O) groups is 1. The van der Waals surface area contributed by atoms with E-state index in [0.29, 0.717) is 22.3 Å². The zero-order valence-corrected chi connectivity index (χ0v) is 14.9. The monoisotopic (exact) mass is 362 g/mol. The largest absolute Gasteiger partial charge is 0.462 e. The van der Waals surface area contributed by atoms with Gasteiger partial charge in [0.05, 0.1) is 12.2 Å². The Labute approximate surface area is 152 Å². The lowest BCUT2D eigenvalue weighted by atomic mass is 10.2. The number of thiocarbonyl (C=S) groups is 1. The summed E-state index contributed by atoms with van der Waals surface area (Å²) < 4.78 is 5.17. The van der Waals surface area contributed by atoms with Crippen molar-refractivity contribution >= 4 is 46.3 Å². The van der Waals surface area contributed by atoms with Gasteiger partial charge in [-0.3, -0.25) is 0 Å². The number of ether oxygens (including phenoxy) is 1. The van der Waals surface area contributed by atoms with Crippen LogP contribution in [-0.4, -0.2) is 17.7 Å². The van der Waals surface area contributed by atoms with E-state index in [1.54, 1.807) is 36.4 Å².